The van der Waals surface area contributed by atoms with Crippen LogP contribution in [0, 0.1) is 0 Å². The van der Waals surface area contributed by atoms with Crippen LogP contribution in [-0.2, 0) is 20.2 Å². The van der Waals surface area contributed by atoms with Crippen LogP contribution in [-0.4, -0.2) is 26.4 Å². The molecule has 1 aromatic heterocycles. The van der Waals surface area contributed by atoms with Gasteiger partial charge in [-0.15, -0.1) is 0 Å². The zero-order chi connectivity index (χ0) is 19.9. The molecule has 2 aromatic carbocycles. The summed E-state index contributed by atoms with van der Waals surface area (Å²) in [6.07, 6.45) is 2.40. The second kappa shape index (κ2) is 6.76. The highest BCUT2D eigenvalue weighted by Crippen LogP contribution is 2.51. The average molecular weight is 417 g/mol. The number of carbonyl (C=O) groups is 1. The lowest BCUT2D eigenvalue weighted by Gasteiger charge is -2.18. The van der Waals surface area contributed by atoms with Crippen LogP contribution in [0.4, 0.5) is 0 Å². The molecular weight excluding hydrogens is 400 g/mol. The van der Waals surface area contributed by atoms with Gasteiger partial charge in [-0.25, -0.2) is 18.1 Å². The fraction of sp³-hybridized carbons (Fsp3) is 0.200. The summed E-state index contributed by atoms with van der Waals surface area (Å²) in [5.74, 6) is -0.345. The van der Waals surface area contributed by atoms with Crippen LogP contribution in [0.5, 0.6) is 5.88 Å². The Balaban J connectivity index is 1.71. The Morgan fingerprint density at radius 2 is 1.89 bits per heavy atom. The van der Waals surface area contributed by atoms with Gasteiger partial charge in [-0.05, 0) is 30.4 Å². The van der Waals surface area contributed by atoms with Gasteiger partial charge in [-0.3, -0.25) is 4.79 Å². The minimum absolute atomic E-state index is 0.0611. The van der Waals surface area contributed by atoms with Crippen molar-refractivity contribution in [3.8, 4) is 5.88 Å². The van der Waals surface area contributed by atoms with Crippen LogP contribution in [0.2, 0.25) is 5.02 Å². The van der Waals surface area contributed by atoms with E-state index in [0.717, 1.165) is 5.39 Å². The van der Waals surface area contributed by atoms with Gasteiger partial charge in [0.15, 0.2) is 0 Å². The van der Waals surface area contributed by atoms with Crippen LogP contribution < -0.4 is 9.46 Å². The summed E-state index contributed by atoms with van der Waals surface area (Å²) in [6, 6.07) is 13.7. The van der Waals surface area contributed by atoms with Crippen LogP contribution in [0.1, 0.15) is 18.4 Å². The van der Waals surface area contributed by atoms with E-state index in [1.165, 1.54) is 19.4 Å². The van der Waals surface area contributed by atoms with Gasteiger partial charge in [0.05, 0.1) is 22.4 Å². The SMILES string of the molecule is COc1ncc(Cl)cc1C1(C(=O)NS(=O)(=O)c2cccc3ccccc23)CC1. The molecule has 1 aliphatic carbocycles. The fourth-order valence-electron chi connectivity index (χ4n) is 3.38. The van der Waals surface area contributed by atoms with Gasteiger partial charge in [0.25, 0.3) is 10.0 Å². The first-order valence-corrected chi connectivity index (χ1v) is 10.5. The van der Waals surface area contributed by atoms with Crippen LogP contribution in [0.3, 0.4) is 0 Å². The summed E-state index contributed by atoms with van der Waals surface area (Å²) in [6.45, 7) is 0. The van der Waals surface area contributed by atoms with E-state index < -0.39 is 21.3 Å². The molecule has 8 heteroatoms. The summed E-state index contributed by atoms with van der Waals surface area (Å²) in [7, 11) is -2.62. The van der Waals surface area contributed by atoms with Crippen molar-refractivity contribution in [3.05, 3.63) is 65.3 Å². The molecule has 1 heterocycles. The van der Waals surface area contributed by atoms with Gasteiger partial charge in [0.2, 0.25) is 11.8 Å². The maximum atomic E-state index is 13.0. The molecule has 1 N–H and O–H groups in total. The van der Waals surface area contributed by atoms with E-state index >= 15 is 0 Å². The van der Waals surface area contributed by atoms with Crippen LogP contribution >= 0.6 is 11.6 Å². The summed E-state index contributed by atoms with van der Waals surface area (Å²) < 4.78 is 33.5. The van der Waals surface area contributed by atoms with Crippen molar-refractivity contribution < 1.29 is 17.9 Å². The predicted octanol–water partition coefficient (Wildman–Crippen LogP) is 3.43. The molecule has 1 fully saturated rings. The number of pyridine rings is 1. The molecule has 4 rings (SSSR count). The van der Waals surface area contributed by atoms with Crippen LogP contribution in [0.25, 0.3) is 10.8 Å². The van der Waals surface area contributed by atoms with Gasteiger partial charge in [0.1, 0.15) is 0 Å². The van der Waals surface area contributed by atoms with Gasteiger partial charge < -0.3 is 4.74 Å². The molecule has 144 valence electrons. The van der Waals surface area contributed by atoms with Gasteiger partial charge in [-0.1, -0.05) is 48.0 Å². The molecule has 0 bridgehead atoms. The van der Waals surface area contributed by atoms with Crippen LogP contribution in [0.15, 0.2) is 59.6 Å². The van der Waals surface area contributed by atoms with E-state index in [2.05, 4.69) is 9.71 Å². The first-order chi connectivity index (χ1) is 13.4. The van der Waals surface area contributed by atoms with E-state index in [-0.39, 0.29) is 10.8 Å². The number of methoxy groups -OCH3 is 1. The number of nitrogens with zero attached hydrogens (tertiary/aromatic N) is 1. The number of hydrogen-bond donors (Lipinski definition) is 1. The quantitative estimate of drug-likeness (QED) is 0.688. The van der Waals surface area contributed by atoms with Crippen molar-refractivity contribution in [1.82, 2.24) is 9.71 Å². The molecule has 0 atom stereocenters. The highest BCUT2D eigenvalue weighted by Gasteiger charge is 2.54. The monoisotopic (exact) mass is 416 g/mol. The molecule has 0 saturated heterocycles. The van der Waals surface area contributed by atoms with Crippen molar-refractivity contribution in [3.63, 3.8) is 0 Å². The number of fused-ring (bicyclic) bond motifs is 1. The Morgan fingerprint density at radius 3 is 2.61 bits per heavy atom. The lowest BCUT2D eigenvalue weighted by molar-refractivity contribution is -0.121. The van der Waals surface area contributed by atoms with Gasteiger partial charge >= 0.3 is 0 Å². The molecule has 28 heavy (non-hydrogen) atoms. The number of hydrogen-bond acceptors (Lipinski definition) is 5. The van der Waals surface area contributed by atoms with E-state index in [1.54, 1.807) is 24.3 Å². The molecule has 3 aromatic rings. The second-order valence-electron chi connectivity index (χ2n) is 6.70. The topological polar surface area (TPSA) is 85.4 Å². The summed E-state index contributed by atoms with van der Waals surface area (Å²) in [5.41, 5.74) is -0.519. The molecular formula is C20H17ClN2O4S. The Labute approximate surface area is 167 Å². The molecule has 1 aliphatic rings. The number of aromatic nitrogens is 1. The Bertz CT molecular complexity index is 1180. The molecule has 0 radical (unpaired) electrons. The third kappa shape index (κ3) is 3.10. The largest absolute Gasteiger partial charge is 0.481 e. The number of ether oxygens (including phenoxy) is 1. The maximum Gasteiger partial charge on any atom is 0.264 e. The number of nitrogens with one attached hydrogen (secondary N) is 1. The zero-order valence-corrected chi connectivity index (χ0v) is 16.5. The molecule has 1 amide bonds. The van der Waals surface area contributed by atoms with Crippen molar-refractivity contribution >= 4 is 38.3 Å². The van der Waals surface area contributed by atoms with E-state index in [9.17, 15) is 13.2 Å². The number of carbonyl (C=O) groups excluding carboxylic acids is 1. The van der Waals surface area contributed by atoms with Crippen molar-refractivity contribution in [2.75, 3.05) is 7.11 Å². The number of sulfonamides is 1. The molecule has 0 unspecified atom stereocenters. The van der Waals surface area contributed by atoms with E-state index in [1.807, 2.05) is 18.2 Å². The molecule has 0 aliphatic heterocycles. The van der Waals surface area contributed by atoms with Crippen molar-refractivity contribution in [2.45, 2.75) is 23.2 Å². The highest BCUT2D eigenvalue weighted by molar-refractivity contribution is 7.90. The third-order valence-electron chi connectivity index (χ3n) is 4.98. The first kappa shape index (κ1) is 18.7. The fourth-order valence-corrected chi connectivity index (χ4v) is 4.82. The van der Waals surface area contributed by atoms with Gasteiger partial charge in [-0.2, -0.15) is 0 Å². The smallest absolute Gasteiger partial charge is 0.264 e. The zero-order valence-electron chi connectivity index (χ0n) is 15.0. The van der Waals surface area contributed by atoms with Gasteiger partial charge in [0, 0.05) is 17.1 Å². The Morgan fingerprint density at radius 1 is 1.18 bits per heavy atom. The number of amides is 1. The number of rotatable bonds is 5. The normalized spacial score (nSPS) is 15.2. The summed E-state index contributed by atoms with van der Waals surface area (Å²) >= 11 is 6.04. The molecule has 0 spiro atoms. The predicted molar refractivity (Wildman–Crippen MR) is 106 cm³/mol. The highest BCUT2D eigenvalue weighted by atomic mass is 35.5. The van der Waals surface area contributed by atoms with E-state index in [4.69, 9.17) is 16.3 Å². The minimum Gasteiger partial charge on any atom is -0.481 e. The first-order valence-electron chi connectivity index (χ1n) is 8.62. The summed E-state index contributed by atoms with van der Waals surface area (Å²) in [5, 5.41) is 1.68. The standard InChI is InChI=1S/C20H17ClN2O4S/c1-27-18-16(11-14(21)12-22-18)20(9-10-20)19(24)23-28(25,26)17-8-4-6-13-5-2-3-7-15(13)17/h2-8,11-12H,9-10H2,1H3,(H,23,24). The maximum absolute atomic E-state index is 13.0. The van der Waals surface area contributed by atoms with Crippen molar-refractivity contribution in [2.24, 2.45) is 0 Å². The lowest BCUT2D eigenvalue weighted by Crippen LogP contribution is -2.39. The minimum atomic E-state index is -4.06. The molecule has 1 saturated carbocycles. The number of benzene rings is 2. The Hall–Kier alpha value is -2.64. The van der Waals surface area contributed by atoms with Crippen molar-refractivity contribution in [1.29, 1.82) is 0 Å². The second-order valence-corrected chi connectivity index (χ2v) is 8.79. The number of halogens is 1. The lowest BCUT2D eigenvalue weighted by atomic mass is 9.96. The van der Waals surface area contributed by atoms with E-state index in [0.29, 0.717) is 28.8 Å². The average Bonchev–Trinajstić information content (AvgIpc) is 3.49. The molecule has 6 nitrogen and oxygen atoms in total. The Kier molecular flexibility index (Phi) is 4.51. The summed E-state index contributed by atoms with van der Waals surface area (Å²) in [4.78, 5) is 17.2. The third-order valence-corrected chi connectivity index (χ3v) is 6.57.